The van der Waals surface area contributed by atoms with Crippen LogP contribution in [0.3, 0.4) is 0 Å². The van der Waals surface area contributed by atoms with Gasteiger partial charge < -0.3 is 10.3 Å². The van der Waals surface area contributed by atoms with Crippen molar-refractivity contribution in [2.45, 2.75) is 27.2 Å². The molecule has 0 spiro atoms. The number of aromatic nitrogens is 1. The Hall–Kier alpha value is -2.88. The number of hydrogen-bond donors (Lipinski definition) is 2. The minimum Gasteiger partial charge on any atom is -0.352 e. The normalized spacial score (nSPS) is 10.8. The van der Waals surface area contributed by atoms with Gasteiger partial charge in [0.25, 0.3) is 11.5 Å². The minimum absolute atomic E-state index is 0.0919. The third-order valence-corrected chi connectivity index (χ3v) is 4.51. The first-order valence-electron chi connectivity index (χ1n) is 8.42. The zero-order valence-electron chi connectivity index (χ0n) is 14.8. The van der Waals surface area contributed by atoms with Gasteiger partial charge in [0.2, 0.25) is 0 Å². The van der Waals surface area contributed by atoms with Crippen LogP contribution in [0.4, 0.5) is 0 Å². The largest absolute Gasteiger partial charge is 0.352 e. The van der Waals surface area contributed by atoms with Gasteiger partial charge in [0.15, 0.2) is 0 Å². The molecule has 3 rings (SSSR count). The Morgan fingerprint density at radius 1 is 1.00 bits per heavy atom. The van der Waals surface area contributed by atoms with Crippen LogP contribution in [-0.2, 0) is 6.42 Å². The molecule has 4 nitrogen and oxygen atoms in total. The molecule has 0 aliphatic rings. The molecule has 128 valence electrons. The van der Waals surface area contributed by atoms with Crippen molar-refractivity contribution in [3.63, 3.8) is 0 Å². The molecule has 0 unspecified atom stereocenters. The lowest BCUT2D eigenvalue weighted by atomic mass is 10.0. The topological polar surface area (TPSA) is 62.0 Å². The number of benzene rings is 2. The second-order valence-electron chi connectivity index (χ2n) is 6.48. The molecule has 25 heavy (non-hydrogen) atoms. The van der Waals surface area contributed by atoms with Gasteiger partial charge in [-0.1, -0.05) is 29.8 Å². The molecule has 4 heteroatoms. The summed E-state index contributed by atoms with van der Waals surface area (Å²) in [6.45, 7) is 6.42. The number of aryl methyl sites for hydroxylation is 3. The molecular weight excluding hydrogens is 312 g/mol. The van der Waals surface area contributed by atoms with Gasteiger partial charge >= 0.3 is 0 Å². The maximum atomic E-state index is 12.3. The first kappa shape index (κ1) is 17.0. The third-order valence-electron chi connectivity index (χ3n) is 4.51. The van der Waals surface area contributed by atoms with E-state index in [1.807, 2.05) is 45.0 Å². The van der Waals surface area contributed by atoms with E-state index in [1.54, 1.807) is 12.1 Å². The van der Waals surface area contributed by atoms with Gasteiger partial charge in [-0.3, -0.25) is 9.59 Å². The van der Waals surface area contributed by atoms with Crippen molar-refractivity contribution in [3.05, 3.63) is 80.6 Å². The summed E-state index contributed by atoms with van der Waals surface area (Å²) in [6.07, 6.45) is 0.496. The molecule has 0 saturated heterocycles. The summed E-state index contributed by atoms with van der Waals surface area (Å²) >= 11 is 0. The fraction of sp³-hybridized carbons (Fsp3) is 0.238. The van der Waals surface area contributed by atoms with Gasteiger partial charge in [0.1, 0.15) is 0 Å². The number of pyridine rings is 1. The van der Waals surface area contributed by atoms with E-state index in [0.29, 0.717) is 24.1 Å². The van der Waals surface area contributed by atoms with Crippen molar-refractivity contribution in [2.24, 2.45) is 0 Å². The molecule has 0 saturated carbocycles. The van der Waals surface area contributed by atoms with E-state index < -0.39 is 0 Å². The summed E-state index contributed by atoms with van der Waals surface area (Å²) in [7, 11) is 0. The maximum absolute atomic E-state index is 12.3. The maximum Gasteiger partial charge on any atom is 0.251 e. The molecule has 1 amide bonds. The third kappa shape index (κ3) is 3.63. The highest BCUT2D eigenvalue weighted by molar-refractivity contribution is 5.94. The Balaban J connectivity index is 1.74. The van der Waals surface area contributed by atoms with Crippen molar-refractivity contribution in [3.8, 4) is 0 Å². The standard InChI is InChI=1S/C21H22N2O2/c1-13-4-8-16(9-5-13)20(24)22-11-10-17-12-18-14(2)6-7-15(3)19(18)23-21(17)25/h4-9,12H,10-11H2,1-3H3,(H,22,24)(H,23,25). The summed E-state index contributed by atoms with van der Waals surface area (Å²) in [6, 6.07) is 13.4. The van der Waals surface area contributed by atoms with Crippen molar-refractivity contribution in [1.82, 2.24) is 10.3 Å². The van der Waals surface area contributed by atoms with Gasteiger partial charge in [-0.15, -0.1) is 0 Å². The molecule has 1 heterocycles. The predicted molar refractivity (Wildman–Crippen MR) is 101 cm³/mol. The Kier molecular flexibility index (Phi) is 4.70. The Labute approximate surface area is 146 Å². The molecule has 0 radical (unpaired) electrons. The van der Waals surface area contributed by atoms with Crippen molar-refractivity contribution in [2.75, 3.05) is 6.54 Å². The van der Waals surface area contributed by atoms with Crippen LogP contribution in [0, 0.1) is 20.8 Å². The van der Waals surface area contributed by atoms with Gasteiger partial charge in [-0.05, 0) is 56.5 Å². The fourth-order valence-corrected chi connectivity index (χ4v) is 2.92. The van der Waals surface area contributed by atoms with Gasteiger partial charge in [0.05, 0.1) is 5.52 Å². The molecule has 0 bridgehead atoms. The zero-order chi connectivity index (χ0) is 18.0. The number of H-pyrrole nitrogens is 1. The number of rotatable bonds is 4. The summed E-state index contributed by atoms with van der Waals surface area (Å²) in [5, 5.41) is 3.93. The van der Waals surface area contributed by atoms with Gasteiger partial charge in [-0.25, -0.2) is 0 Å². The van der Waals surface area contributed by atoms with Crippen molar-refractivity contribution in [1.29, 1.82) is 0 Å². The SMILES string of the molecule is Cc1ccc(C(=O)NCCc2cc3c(C)ccc(C)c3[nH]c2=O)cc1. The van der Waals surface area contributed by atoms with Crippen LogP contribution in [0.2, 0.25) is 0 Å². The number of fused-ring (bicyclic) bond motifs is 1. The van der Waals surface area contributed by atoms with E-state index in [2.05, 4.69) is 16.4 Å². The lowest BCUT2D eigenvalue weighted by Gasteiger charge is -2.09. The first-order valence-corrected chi connectivity index (χ1v) is 8.42. The lowest BCUT2D eigenvalue weighted by Crippen LogP contribution is -2.27. The van der Waals surface area contributed by atoms with E-state index in [0.717, 1.165) is 27.6 Å². The second kappa shape index (κ2) is 6.93. The highest BCUT2D eigenvalue weighted by atomic mass is 16.1. The highest BCUT2D eigenvalue weighted by Gasteiger charge is 2.08. The second-order valence-corrected chi connectivity index (χ2v) is 6.48. The summed E-state index contributed by atoms with van der Waals surface area (Å²) in [4.78, 5) is 27.4. The minimum atomic E-state index is -0.121. The molecule has 2 aromatic carbocycles. The molecule has 0 atom stereocenters. The van der Waals surface area contributed by atoms with Crippen molar-refractivity contribution >= 4 is 16.8 Å². The van der Waals surface area contributed by atoms with Crippen molar-refractivity contribution < 1.29 is 4.79 Å². The summed E-state index contributed by atoms with van der Waals surface area (Å²) < 4.78 is 0. The molecular formula is C21H22N2O2. The van der Waals surface area contributed by atoms with E-state index in [9.17, 15) is 9.59 Å². The number of amides is 1. The van der Waals surface area contributed by atoms with Crippen LogP contribution in [0.5, 0.6) is 0 Å². The first-order chi connectivity index (χ1) is 12.0. The van der Waals surface area contributed by atoms with Gasteiger partial charge in [-0.2, -0.15) is 0 Å². The Morgan fingerprint density at radius 2 is 1.68 bits per heavy atom. The average Bonchev–Trinajstić information content (AvgIpc) is 2.60. The average molecular weight is 334 g/mol. The lowest BCUT2D eigenvalue weighted by molar-refractivity contribution is 0.0954. The van der Waals surface area contributed by atoms with E-state index in [4.69, 9.17) is 0 Å². The van der Waals surface area contributed by atoms with Crippen LogP contribution in [0.25, 0.3) is 10.9 Å². The quantitative estimate of drug-likeness (QED) is 0.768. The van der Waals surface area contributed by atoms with E-state index in [1.165, 1.54) is 0 Å². The smallest absolute Gasteiger partial charge is 0.251 e. The summed E-state index contributed by atoms with van der Waals surface area (Å²) in [5.74, 6) is -0.121. The number of carbonyl (C=O) groups is 1. The molecule has 0 aliphatic heterocycles. The van der Waals surface area contributed by atoms with Crippen LogP contribution >= 0.6 is 0 Å². The van der Waals surface area contributed by atoms with Crippen LogP contribution < -0.4 is 10.9 Å². The Morgan fingerprint density at radius 3 is 2.40 bits per heavy atom. The van der Waals surface area contributed by atoms with Crippen LogP contribution in [0.1, 0.15) is 32.6 Å². The number of carbonyl (C=O) groups excluding carboxylic acids is 1. The van der Waals surface area contributed by atoms with E-state index >= 15 is 0 Å². The molecule has 0 fully saturated rings. The molecule has 1 aromatic heterocycles. The molecule has 2 N–H and O–H groups in total. The number of hydrogen-bond acceptors (Lipinski definition) is 2. The monoisotopic (exact) mass is 334 g/mol. The van der Waals surface area contributed by atoms with Crippen LogP contribution in [0.15, 0.2) is 47.3 Å². The zero-order valence-corrected chi connectivity index (χ0v) is 14.8. The summed E-state index contributed by atoms with van der Waals surface area (Å²) in [5.41, 5.74) is 5.40. The Bertz CT molecular complexity index is 985. The number of aromatic amines is 1. The van der Waals surface area contributed by atoms with E-state index in [-0.39, 0.29) is 11.5 Å². The molecule has 0 aliphatic carbocycles. The van der Waals surface area contributed by atoms with Gasteiger partial charge in [0, 0.05) is 23.1 Å². The predicted octanol–water partition coefficient (Wildman–Crippen LogP) is 3.43. The van der Waals surface area contributed by atoms with Crippen LogP contribution in [-0.4, -0.2) is 17.4 Å². The number of nitrogens with one attached hydrogen (secondary N) is 2. The molecule has 3 aromatic rings. The fourth-order valence-electron chi connectivity index (χ4n) is 2.92. The highest BCUT2D eigenvalue weighted by Crippen LogP contribution is 2.19.